The Balaban J connectivity index is 1.91. The monoisotopic (exact) mass is 367 g/mol. The molecule has 0 spiro atoms. The summed E-state index contributed by atoms with van der Waals surface area (Å²) in [5.41, 5.74) is 0.285. The molecule has 0 aliphatic rings. The predicted molar refractivity (Wildman–Crippen MR) is 96.1 cm³/mol. The van der Waals surface area contributed by atoms with Crippen LogP contribution in [0.2, 0.25) is 0 Å². The summed E-state index contributed by atoms with van der Waals surface area (Å²) in [6.45, 7) is 0. The second kappa shape index (κ2) is 6.24. The van der Waals surface area contributed by atoms with Crippen LogP contribution in [-0.4, -0.2) is 26.9 Å². The van der Waals surface area contributed by atoms with Crippen LogP contribution in [0.4, 0.5) is 4.39 Å². The van der Waals surface area contributed by atoms with Gasteiger partial charge in [0.15, 0.2) is 0 Å². The number of benzene rings is 2. The van der Waals surface area contributed by atoms with Crippen molar-refractivity contribution in [1.82, 2.24) is 14.7 Å². The van der Waals surface area contributed by atoms with Gasteiger partial charge in [0.2, 0.25) is 5.82 Å². The number of ether oxygens (including phenoxy) is 1. The predicted octanol–water partition coefficient (Wildman–Crippen LogP) is 3.11. The molecule has 0 radical (unpaired) electrons. The van der Waals surface area contributed by atoms with E-state index in [0.29, 0.717) is 16.8 Å². The smallest absolute Gasteiger partial charge is 0.267 e. The third-order valence-corrected chi connectivity index (χ3v) is 4.30. The fourth-order valence-electron chi connectivity index (χ4n) is 2.90. The molecule has 0 fully saturated rings. The minimum atomic E-state index is -0.537. The van der Waals surface area contributed by atoms with Gasteiger partial charge in [0.25, 0.3) is 11.4 Å². The highest BCUT2D eigenvalue weighted by Gasteiger charge is 2.22. The molecule has 0 amide bonds. The van der Waals surface area contributed by atoms with Crippen LogP contribution in [0.15, 0.2) is 51.8 Å². The number of aromatic nitrogens is 3. The zero-order valence-electron chi connectivity index (χ0n) is 14.4. The Morgan fingerprint density at radius 2 is 2.04 bits per heavy atom. The van der Waals surface area contributed by atoms with Gasteiger partial charge in [0.05, 0.1) is 12.6 Å². The maximum absolute atomic E-state index is 13.6. The summed E-state index contributed by atoms with van der Waals surface area (Å²) in [6.07, 6.45) is 0. The molecule has 0 aliphatic heterocycles. The molecule has 2 aromatic heterocycles. The third kappa shape index (κ3) is 2.71. The van der Waals surface area contributed by atoms with E-state index in [4.69, 9.17) is 9.26 Å². The molecule has 4 rings (SSSR count). The molecule has 0 bridgehead atoms. The van der Waals surface area contributed by atoms with Gasteiger partial charge in [0, 0.05) is 18.0 Å². The number of nitrogens with zero attached hydrogens (tertiary/aromatic N) is 3. The molecule has 1 N–H and O–H groups in total. The number of aryl methyl sites for hydroxylation is 1. The number of pyridine rings is 1. The summed E-state index contributed by atoms with van der Waals surface area (Å²) in [7, 11) is 3.06. The van der Waals surface area contributed by atoms with E-state index < -0.39 is 17.1 Å². The van der Waals surface area contributed by atoms with Crippen molar-refractivity contribution in [3.63, 3.8) is 0 Å². The molecule has 2 aromatic carbocycles. The molecule has 0 aliphatic carbocycles. The Kier molecular flexibility index (Phi) is 3.88. The van der Waals surface area contributed by atoms with Gasteiger partial charge in [-0.15, -0.1) is 0 Å². The minimum Gasteiger partial charge on any atom is -0.506 e. The highest BCUT2D eigenvalue weighted by atomic mass is 19.1. The number of halogens is 1. The van der Waals surface area contributed by atoms with Crippen LogP contribution in [0.3, 0.4) is 0 Å². The topological polar surface area (TPSA) is 90.4 Å². The standard InChI is InChI=1S/C19H14FN3O4/c1-23-14-7-6-11(20)9-13(14)16(24)15(19(23)25)18-21-17(22-27-18)10-4-3-5-12(8-10)26-2/h3-9,24H,1-2H3. The summed E-state index contributed by atoms with van der Waals surface area (Å²) < 4.78 is 25.3. The average Bonchev–Trinajstić information content (AvgIpc) is 3.16. The van der Waals surface area contributed by atoms with Crippen LogP contribution in [0.5, 0.6) is 11.5 Å². The summed E-state index contributed by atoms with van der Waals surface area (Å²) >= 11 is 0. The molecule has 0 saturated heterocycles. The molecular formula is C19H14FN3O4. The van der Waals surface area contributed by atoms with E-state index in [1.165, 1.54) is 30.9 Å². The number of hydrogen-bond acceptors (Lipinski definition) is 6. The Labute approximate surface area is 152 Å². The zero-order chi connectivity index (χ0) is 19.1. The maximum atomic E-state index is 13.6. The van der Waals surface area contributed by atoms with E-state index in [1.807, 2.05) is 0 Å². The summed E-state index contributed by atoms with van der Waals surface area (Å²) in [4.78, 5) is 16.9. The van der Waals surface area contributed by atoms with E-state index >= 15 is 0 Å². The van der Waals surface area contributed by atoms with Crippen LogP contribution in [0.25, 0.3) is 33.7 Å². The van der Waals surface area contributed by atoms with Crippen molar-refractivity contribution < 1.29 is 18.8 Å². The van der Waals surface area contributed by atoms with Gasteiger partial charge < -0.3 is 18.9 Å². The third-order valence-electron chi connectivity index (χ3n) is 4.30. The lowest BCUT2D eigenvalue weighted by Gasteiger charge is -2.09. The van der Waals surface area contributed by atoms with Crippen molar-refractivity contribution in [3.8, 4) is 34.3 Å². The molecule has 0 saturated carbocycles. The largest absolute Gasteiger partial charge is 0.506 e. The van der Waals surface area contributed by atoms with Gasteiger partial charge in [0.1, 0.15) is 22.9 Å². The Morgan fingerprint density at radius 3 is 2.81 bits per heavy atom. The van der Waals surface area contributed by atoms with E-state index in [9.17, 15) is 14.3 Å². The first-order valence-electron chi connectivity index (χ1n) is 7.99. The van der Waals surface area contributed by atoms with Crippen LogP contribution in [0.1, 0.15) is 0 Å². The van der Waals surface area contributed by atoms with Crippen LogP contribution in [0, 0.1) is 5.82 Å². The number of hydrogen-bond donors (Lipinski definition) is 1. The lowest BCUT2D eigenvalue weighted by Crippen LogP contribution is -2.19. The van der Waals surface area contributed by atoms with Crippen LogP contribution >= 0.6 is 0 Å². The average molecular weight is 367 g/mol. The number of fused-ring (bicyclic) bond motifs is 1. The lowest BCUT2D eigenvalue weighted by atomic mass is 10.1. The normalized spacial score (nSPS) is 11.1. The Bertz CT molecular complexity index is 1230. The Morgan fingerprint density at radius 1 is 1.22 bits per heavy atom. The van der Waals surface area contributed by atoms with Crippen LogP contribution in [-0.2, 0) is 7.05 Å². The van der Waals surface area contributed by atoms with Crippen molar-refractivity contribution in [2.24, 2.45) is 7.05 Å². The SMILES string of the molecule is COc1cccc(-c2noc(-c3c(O)c4cc(F)ccc4n(C)c3=O)n2)c1. The van der Waals surface area contributed by atoms with E-state index in [-0.39, 0.29) is 22.7 Å². The number of aromatic hydroxyl groups is 1. The molecule has 136 valence electrons. The van der Waals surface area contributed by atoms with Gasteiger partial charge >= 0.3 is 0 Å². The second-order valence-electron chi connectivity index (χ2n) is 5.90. The lowest BCUT2D eigenvalue weighted by molar-refractivity contribution is 0.414. The van der Waals surface area contributed by atoms with Gasteiger partial charge in [-0.05, 0) is 30.3 Å². The second-order valence-corrected chi connectivity index (χ2v) is 5.90. The van der Waals surface area contributed by atoms with Crippen molar-refractivity contribution in [2.75, 3.05) is 7.11 Å². The van der Waals surface area contributed by atoms with Gasteiger partial charge in [-0.1, -0.05) is 17.3 Å². The first kappa shape index (κ1) is 16.8. The molecule has 27 heavy (non-hydrogen) atoms. The van der Waals surface area contributed by atoms with Gasteiger partial charge in [-0.3, -0.25) is 4.79 Å². The van der Waals surface area contributed by atoms with E-state index in [1.54, 1.807) is 24.3 Å². The maximum Gasteiger partial charge on any atom is 0.267 e. The molecule has 0 unspecified atom stereocenters. The molecule has 0 atom stereocenters. The van der Waals surface area contributed by atoms with Crippen molar-refractivity contribution >= 4 is 10.9 Å². The first-order chi connectivity index (χ1) is 13.0. The summed E-state index contributed by atoms with van der Waals surface area (Å²) in [6, 6.07) is 10.8. The fraction of sp³-hybridized carbons (Fsp3) is 0.105. The van der Waals surface area contributed by atoms with Gasteiger partial charge in [-0.2, -0.15) is 4.98 Å². The summed E-state index contributed by atoms with van der Waals surface area (Å²) in [5.74, 6) is -0.265. The van der Waals surface area contributed by atoms with Gasteiger partial charge in [-0.25, -0.2) is 4.39 Å². The molecule has 2 heterocycles. The fourth-order valence-corrected chi connectivity index (χ4v) is 2.90. The van der Waals surface area contributed by atoms with E-state index in [0.717, 1.165) is 6.07 Å². The molecule has 4 aromatic rings. The van der Waals surface area contributed by atoms with Crippen LogP contribution < -0.4 is 10.3 Å². The quantitative estimate of drug-likeness (QED) is 0.598. The molecular weight excluding hydrogens is 353 g/mol. The Hall–Kier alpha value is -3.68. The van der Waals surface area contributed by atoms with Crippen molar-refractivity contribution in [2.45, 2.75) is 0 Å². The first-order valence-corrected chi connectivity index (χ1v) is 7.99. The zero-order valence-corrected chi connectivity index (χ0v) is 14.4. The molecule has 8 heteroatoms. The minimum absolute atomic E-state index is 0.155. The molecule has 7 nitrogen and oxygen atoms in total. The summed E-state index contributed by atoms with van der Waals surface area (Å²) in [5, 5.41) is 14.6. The number of methoxy groups -OCH3 is 1. The van der Waals surface area contributed by atoms with Crippen molar-refractivity contribution in [3.05, 3.63) is 58.6 Å². The van der Waals surface area contributed by atoms with E-state index in [2.05, 4.69) is 10.1 Å². The highest BCUT2D eigenvalue weighted by molar-refractivity contribution is 5.91. The van der Waals surface area contributed by atoms with Crippen molar-refractivity contribution in [1.29, 1.82) is 0 Å². The number of rotatable bonds is 3. The highest BCUT2D eigenvalue weighted by Crippen LogP contribution is 2.33.